The van der Waals surface area contributed by atoms with Crippen LogP contribution in [0.2, 0.25) is 0 Å². The number of carbonyl (C=O) groups excluding carboxylic acids is 2. The van der Waals surface area contributed by atoms with Gasteiger partial charge in [-0.25, -0.2) is 8.42 Å². The van der Waals surface area contributed by atoms with Crippen LogP contribution in [0.4, 0.5) is 5.69 Å². The smallest absolute Gasteiger partial charge is 0.243 e. The molecule has 0 aromatic heterocycles. The van der Waals surface area contributed by atoms with Crippen molar-refractivity contribution in [2.75, 3.05) is 31.5 Å². The van der Waals surface area contributed by atoms with E-state index in [4.69, 9.17) is 0 Å². The molecule has 2 heterocycles. The first kappa shape index (κ1) is 21.8. The predicted octanol–water partition coefficient (Wildman–Crippen LogP) is 2.69. The van der Waals surface area contributed by atoms with E-state index >= 15 is 0 Å². The summed E-state index contributed by atoms with van der Waals surface area (Å²) in [6.07, 6.45) is 3.32. The normalized spacial score (nSPS) is 21.2. The number of piperidine rings is 1. The van der Waals surface area contributed by atoms with E-state index < -0.39 is 15.4 Å². The van der Waals surface area contributed by atoms with Crippen molar-refractivity contribution >= 4 is 27.5 Å². The number of hydrogen-bond donors (Lipinski definition) is 1. The van der Waals surface area contributed by atoms with Gasteiger partial charge in [-0.2, -0.15) is 4.31 Å². The van der Waals surface area contributed by atoms with Crippen LogP contribution in [0.3, 0.4) is 0 Å². The molecule has 0 spiro atoms. The quantitative estimate of drug-likeness (QED) is 0.810. The summed E-state index contributed by atoms with van der Waals surface area (Å²) in [5, 5.41) is 2.87. The summed E-state index contributed by atoms with van der Waals surface area (Å²) in [4.78, 5) is 27.2. The van der Waals surface area contributed by atoms with Crippen LogP contribution in [-0.4, -0.2) is 55.6 Å². The Morgan fingerprint density at radius 2 is 1.62 bits per heavy atom. The first-order valence-corrected chi connectivity index (χ1v) is 11.7. The maximum atomic E-state index is 12.7. The summed E-state index contributed by atoms with van der Waals surface area (Å²) < 4.78 is 26.7. The number of rotatable bonds is 4. The standard InChI is InChI=1S/C21H31N3O4S/c1-21(2,3)20(26)23-12-6-7-16(15-23)19(25)22-17-8-10-18(11-9-17)29(27,28)24-13-4-5-14-24/h8-11,16H,4-7,12-15H2,1-3H3,(H,22,25)/t16-/m0/s1. The minimum absolute atomic E-state index is 0.0615. The molecule has 2 aliphatic rings. The first-order valence-electron chi connectivity index (χ1n) is 10.3. The van der Waals surface area contributed by atoms with Crippen molar-refractivity contribution in [1.82, 2.24) is 9.21 Å². The Kier molecular flexibility index (Phi) is 6.33. The molecule has 8 heteroatoms. The monoisotopic (exact) mass is 421 g/mol. The molecule has 2 aliphatic heterocycles. The van der Waals surface area contributed by atoms with Gasteiger partial charge in [0.2, 0.25) is 21.8 Å². The van der Waals surface area contributed by atoms with Crippen molar-refractivity contribution in [3.8, 4) is 0 Å². The van der Waals surface area contributed by atoms with Crippen molar-refractivity contribution in [3.63, 3.8) is 0 Å². The van der Waals surface area contributed by atoms with Gasteiger partial charge < -0.3 is 10.2 Å². The summed E-state index contributed by atoms with van der Waals surface area (Å²) >= 11 is 0. The molecule has 0 saturated carbocycles. The topological polar surface area (TPSA) is 86.8 Å². The third-order valence-electron chi connectivity index (χ3n) is 5.55. The van der Waals surface area contributed by atoms with Crippen LogP contribution in [-0.2, 0) is 19.6 Å². The van der Waals surface area contributed by atoms with E-state index in [0.717, 1.165) is 25.7 Å². The lowest BCUT2D eigenvalue weighted by atomic mass is 9.91. The highest BCUT2D eigenvalue weighted by Crippen LogP contribution is 2.25. The van der Waals surface area contributed by atoms with Crippen molar-refractivity contribution in [3.05, 3.63) is 24.3 Å². The third-order valence-corrected chi connectivity index (χ3v) is 7.46. The molecule has 0 aliphatic carbocycles. The molecule has 0 bridgehead atoms. The zero-order valence-corrected chi connectivity index (χ0v) is 18.3. The number of nitrogens with zero attached hydrogens (tertiary/aromatic N) is 2. The Morgan fingerprint density at radius 1 is 1.00 bits per heavy atom. The number of likely N-dealkylation sites (tertiary alicyclic amines) is 1. The second-order valence-electron chi connectivity index (χ2n) is 8.97. The third kappa shape index (κ3) is 4.98. The fourth-order valence-electron chi connectivity index (χ4n) is 3.88. The van der Waals surface area contributed by atoms with E-state index in [1.54, 1.807) is 29.2 Å². The molecule has 0 unspecified atom stereocenters. The summed E-state index contributed by atoms with van der Waals surface area (Å²) in [6, 6.07) is 6.34. The lowest BCUT2D eigenvalue weighted by Crippen LogP contribution is -2.47. The van der Waals surface area contributed by atoms with E-state index in [1.165, 1.54) is 4.31 Å². The zero-order chi connectivity index (χ0) is 21.2. The Hall–Kier alpha value is -1.93. The Balaban J connectivity index is 1.62. The lowest BCUT2D eigenvalue weighted by molar-refractivity contribution is -0.142. The number of hydrogen-bond acceptors (Lipinski definition) is 4. The molecule has 29 heavy (non-hydrogen) atoms. The van der Waals surface area contributed by atoms with Crippen LogP contribution in [0.15, 0.2) is 29.2 Å². The first-order chi connectivity index (χ1) is 13.6. The average Bonchev–Trinajstić information content (AvgIpc) is 3.23. The Bertz CT molecular complexity index is 853. The summed E-state index contributed by atoms with van der Waals surface area (Å²) in [7, 11) is -3.46. The van der Waals surface area contributed by atoms with Crippen LogP contribution in [0.1, 0.15) is 46.5 Å². The zero-order valence-electron chi connectivity index (χ0n) is 17.5. The highest BCUT2D eigenvalue weighted by Gasteiger charge is 2.33. The van der Waals surface area contributed by atoms with Gasteiger partial charge in [-0.05, 0) is 49.9 Å². The van der Waals surface area contributed by atoms with Gasteiger partial charge >= 0.3 is 0 Å². The van der Waals surface area contributed by atoms with Crippen LogP contribution in [0.5, 0.6) is 0 Å². The fraction of sp³-hybridized carbons (Fsp3) is 0.619. The van der Waals surface area contributed by atoms with Gasteiger partial charge in [0.1, 0.15) is 0 Å². The van der Waals surface area contributed by atoms with E-state index in [0.29, 0.717) is 31.9 Å². The molecule has 2 amide bonds. The molecule has 3 rings (SSSR count). The van der Waals surface area contributed by atoms with E-state index in [-0.39, 0.29) is 22.6 Å². The minimum atomic E-state index is -3.46. The van der Waals surface area contributed by atoms with Gasteiger partial charge in [0.25, 0.3) is 0 Å². The van der Waals surface area contributed by atoms with Crippen molar-refractivity contribution in [2.45, 2.75) is 51.3 Å². The largest absolute Gasteiger partial charge is 0.341 e. The SMILES string of the molecule is CC(C)(C)C(=O)N1CCC[C@H](C(=O)Nc2ccc(S(=O)(=O)N3CCCC3)cc2)C1. The van der Waals surface area contributed by atoms with Crippen molar-refractivity contribution in [2.24, 2.45) is 11.3 Å². The number of nitrogens with one attached hydrogen (secondary N) is 1. The highest BCUT2D eigenvalue weighted by molar-refractivity contribution is 7.89. The van der Waals surface area contributed by atoms with Crippen molar-refractivity contribution in [1.29, 1.82) is 0 Å². The number of carbonyl (C=O) groups is 2. The molecular weight excluding hydrogens is 390 g/mol. The van der Waals surface area contributed by atoms with E-state index in [2.05, 4.69) is 5.32 Å². The molecule has 2 fully saturated rings. The Morgan fingerprint density at radius 3 is 2.21 bits per heavy atom. The lowest BCUT2D eigenvalue weighted by Gasteiger charge is -2.35. The Labute approximate surface area is 173 Å². The maximum Gasteiger partial charge on any atom is 0.243 e. The molecule has 0 radical (unpaired) electrons. The molecule has 2 saturated heterocycles. The van der Waals surface area contributed by atoms with Crippen LogP contribution < -0.4 is 5.32 Å². The van der Waals surface area contributed by atoms with Crippen LogP contribution in [0.25, 0.3) is 0 Å². The highest BCUT2D eigenvalue weighted by atomic mass is 32.2. The fourth-order valence-corrected chi connectivity index (χ4v) is 5.40. The van der Waals surface area contributed by atoms with E-state index in [1.807, 2.05) is 20.8 Å². The summed E-state index contributed by atoms with van der Waals surface area (Å²) in [6.45, 7) is 7.88. The van der Waals surface area contributed by atoms with Gasteiger partial charge in [0.05, 0.1) is 10.8 Å². The van der Waals surface area contributed by atoms with Gasteiger partial charge in [0.15, 0.2) is 0 Å². The minimum Gasteiger partial charge on any atom is -0.341 e. The van der Waals surface area contributed by atoms with Crippen molar-refractivity contribution < 1.29 is 18.0 Å². The number of benzene rings is 1. The molecule has 7 nitrogen and oxygen atoms in total. The van der Waals surface area contributed by atoms with Gasteiger partial charge in [-0.3, -0.25) is 9.59 Å². The molecule has 1 N–H and O–H groups in total. The number of amides is 2. The van der Waals surface area contributed by atoms with Gasteiger partial charge in [-0.1, -0.05) is 20.8 Å². The summed E-state index contributed by atoms with van der Waals surface area (Å²) in [5.74, 6) is -0.332. The van der Waals surface area contributed by atoms with E-state index in [9.17, 15) is 18.0 Å². The van der Waals surface area contributed by atoms with Crippen LogP contribution in [0, 0.1) is 11.3 Å². The molecular formula is C21H31N3O4S. The molecule has 1 atom stereocenters. The second-order valence-corrected chi connectivity index (χ2v) is 10.9. The number of sulfonamides is 1. The number of anilines is 1. The predicted molar refractivity (Wildman–Crippen MR) is 112 cm³/mol. The summed E-state index contributed by atoms with van der Waals surface area (Å²) in [5.41, 5.74) is 0.101. The molecule has 1 aromatic rings. The second kappa shape index (κ2) is 8.44. The van der Waals surface area contributed by atoms with Gasteiger partial charge in [0, 0.05) is 37.3 Å². The van der Waals surface area contributed by atoms with Gasteiger partial charge in [-0.15, -0.1) is 0 Å². The van der Waals surface area contributed by atoms with Crippen LogP contribution >= 0.6 is 0 Å². The molecule has 1 aromatic carbocycles. The average molecular weight is 422 g/mol. The maximum absolute atomic E-state index is 12.7. The molecule has 160 valence electrons.